The van der Waals surface area contributed by atoms with Crippen LogP contribution >= 0.6 is 0 Å². The van der Waals surface area contributed by atoms with Gasteiger partial charge in [0, 0.05) is 17.8 Å². The van der Waals surface area contributed by atoms with Gasteiger partial charge in [0.2, 0.25) is 0 Å². The van der Waals surface area contributed by atoms with Crippen molar-refractivity contribution in [1.82, 2.24) is 0 Å². The number of anilines is 2. The average Bonchev–Trinajstić information content (AvgIpc) is 3.39. The molecular weight excluding hydrogens is 630 g/mol. The van der Waals surface area contributed by atoms with E-state index in [1.165, 1.54) is 59.4 Å². The maximum atomic E-state index is 13.4. The van der Waals surface area contributed by atoms with Gasteiger partial charge in [-0.25, -0.2) is 4.79 Å². The third-order valence-corrected chi connectivity index (χ3v) is 7.20. The van der Waals surface area contributed by atoms with Crippen LogP contribution in [0.3, 0.4) is 0 Å². The Morgan fingerprint density at radius 1 is 0.745 bits per heavy atom. The van der Waals surface area contributed by atoms with Crippen molar-refractivity contribution in [3.8, 4) is 0 Å². The van der Waals surface area contributed by atoms with Crippen LogP contribution < -0.4 is 9.80 Å². The number of hydrogen-bond donors (Lipinski definition) is 0. The van der Waals surface area contributed by atoms with Gasteiger partial charge in [-0.1, -0.05) is 60.7 Å². The van der Waals surface area contributed by atoms with E-state index in [2.05, 4.69) is 4.74 Å². The number of carbonyl (C=O) groups excluding carboxylic acids is 3. The van der Waals surface area contributed by atoms with Crippen LogP contribution in [0.5, 0.6) is 0 Å². The number of fused-ring (bicyclic) bond motifs is 1. The second-order valence-electron chi connectivity index (χ2n) is 10.2. The van der Waals surface area contributed by atoms with Crippen molar-refractivity contribution in [2.75, 3.05) is 30.6 Å². The van der Waals surface area contributed by atoms with Crippen molar-refractivity contribution in [3.05, 3.63) is 130 Å². The number of ether oxygens (including phenoxy) is 2. The third kappa shape index (κ3) is 8.10. The Labute approximate surface area is 265 Å². The van der Waals surface area contributed by atoms with E-state index < -0.39 is 47.9 Å². The van der Waals surface area contributed by atoms with Crippen LogP contribution in [0, 0.1) is 0 Å². The summed E-state index contributed by atoms with van der Waals surface area (Å²) in [6.07, 6.45) is -9.08. The largest absolute Gasteiger partial charge is 0.468 e. The molecule has 0 bridgehead atoms. The fourth-order valence-electron chi connectivity index (χ4n) is 5.01. The van der Waals surface area contributed by atoms with E-state index in [4.69, 9.17) is 4.74 Å². The number of nitrogens with zero attached hydrogens (tertiary/aromatic N) is 2. The molecule has 0 saturated carbocycles. The van der Waals surface area contributed by atoms with Crippen molar-refractivity contribution in [2.45, 2.75) is 25.4 Å². The lowest BCUT2D eigenvalue weighted by Crippen LogP contribution is -2.32. The summed E-state index contributed by atoms with van der Waals surface area (Å²) >= 11 is 0. The molecule has 1 aliphatic heterocycles. The smallest absolute Gasteiger partial charge is 0.418 e. The summed E-state index contributed by atoms with van der Waals surface area (Å²) < 4.78 is 88.6. The van der Waals surface area contributed by atoms with Gasteiger partial charge in [0.1, 0.15) is 6.54 Å². The molecule has 0 atom stereocenters. The first kappa shape index (κ1) is 34.5. The lowest BCUT2D eigenvalue weighted by Gasteiger charge is -2.27. The van der Waals surface area contributed by atoms with Crippen LogP contribution in [0.1, 0.15) is 43.0 Å². The molecule has 5 rings (SSSR count). The second-order valence-corrected chi connectivity index (χ2v) is 10.2. The molecule has 47 heavy (non-hydrogen) atoms. The lowest BCUT2D eigenvalue weighted by molar-refractivity contribution is -0.140. The van der Waals surface area contributed by atoms with Crippen LogP contribution in [-0.4, -0.2) is 38.6 Å². The summed E-state index contributed by atoms with van der Waals surface area (Å²) in [7, 11) is 2.36. The van der Waals surface area contributed by atoms with Crippen molar-refractivity contribution in [2.24, 2.45) is 0 Å². The number of amides is 1. The summed E-state index contributed by atoms with van der Waals surface area (Å²) in [4.78, 5) is 38.4. The number of alkyl halides is 6. The molecule has 0 aromatic heterocycles. The highest BCUT2D eigenvalue weighted by molar-refractivity contribution is 6.10. The molecular formula is C34H28F6N2O5. The highest BCUT2D eigenvalue weighted by Crippen LogP contribution is 2.39. The predicted octanol–water partition coefficient (Wildman–Crippen LogP) is 7.54. The van der Waals surface area contributed by atoms with Gasteiger partial charge in [0.05, 0.1) is 43.1 Å². The normalized spacial score (nSPS) is 12.5. The van der Waals surface area contributed by atoms with Crippen molar-refractivity contribution in [1.29, 1.82) is 0 Å². The maximum absolute atomic E-state index is 13.4. The summed E-state index contributed by atoms with van der Waals surface area (Å²) in [5.41, 5.74) is -0.120. The molecule has 0 radical (unpaired) electrons. The zero-order valence-electron chi connectivity index (χ0n) is 25.1. The van der Waals surface area contributed by atoms with E-state index in [1.54, 1.807) is 42.5 Å². The van der Waals surface area contributed by atoms with Gasteiger partial charge in [0.25, 0.3) is 5.91 Å². The number of carbonyl (C=O) groups is 3. The standard InChI is InChI=1S/C19H18F3NO4.C15H10F3NO/c1-26-17(24)12-23(16-10-6-5-9-15(16)19(20,21)22)11-13-7-3-4-8-14(13)18(25)27-2;16-15(17,18)12-7-3-4-8-13(12)19-9-10-5-1-2-6-11(10)14(19)20/h3-10H,11-12H2,1-2H3;1-8H,9H2. The number of hydrogen-bond acceptors (Lipinski definition) is 6. The van der Waals surface area contributed by atoms with Crippen LogP contribution in [0.4, 0.5) is 37.7 Å². The van der Waals surface area contributed by atoms with Gasteiger partial charge in [-0.3, -0.25) is 9.59 Å². The Morgan fingerprint density at radius 2 is 1.32 bits per heavy atom. The second kappa shape index (κ2) is 14.4. The fraction of sp³-hybridized carbons (Fsp3) is 0.206. The van der Waals surface area contributed by atoms with Crippen molar-refractivity contribution >= 4 is 29.2 Å². The molecule has 4 aromatic rings. The molecule has 0 saturated heterocycles. The van der Waals surface area contributed by atoms with Gasteiger partial charge in [-0.05, 0) is 47.5 Å². The van der Waals surface area contributed by atoms with E-state index in [0.717, 1.165) is 24.8 Å². The molecule has 246 valence electrons. The van der Waals surface area contributed by atoms with E-state index in [1.807, 2.05) is 0 Å². The number of methoxy groups -OCH3 is 2. The molecule has 1 heterocycles. The van der Waals surface area contributed by atoms with Gasteiger partial charge in [0.15, 0.2) is 0 Å². The Kier molecular flexibility index (Phi) is 10.6. The molecule has 4 aromatic carbocycles. The SMILES string of the molecule is COC(=O)CN(Cc1ccccc1C(=O)OC)c1ccccc1C(F)(F)F.O=C1c2ccccc2CN1c1ccccc1C(F)(F)F. The topological polar surface area (TPSA) is 76.1 Å². The number of halogens is 6. The first-order chi connectivity index (χ1) is 22.3. The van der Waals surface area contributed by atoms with E-state index in [-0.39, 0.29) is 30.0 Å². The van der Waals surface area contributed by atoms with E-state index in [0.29, 0.717) is 11.1 Å². The average molecular weight is 659 g/mol. The minimum absolute atomic E-state index is 0.0961. The maximum Gasteiger partial charge on any atom is 0.418 e. The number of benzene rings is 4. The van der Waals surface area contributed by atoms with Gasteiger partial charge >= 0.3 is 24.3 Å². The molecule has 0 aliphatic carbocycles. The van der Waals surface area contributed by atoms with Crippen LogP contribution in [-0.2, 0) is 39.7 Å². The first-order valence-electron chi connectivity index (χ1n) is 14.0. The molecule has 0 N–H and O–H groups in total. The Morgan fingerprint density at radius 3 is 1.96 bits per heavy atom. The highest BCUT2D eigenvalue weighted by Gasteiger charge is 2.38. The van der Waals surface area contributed by atoms with Gasteiger partial charge in [-0.2, -0.15) is 26.3 Å². The molecule has 13 heteroatoms. The van der Waals surface area contributed by atoms with E-state index >= 15 is 0 Å². The number of para-hydroxylation sites is 2. The minimum atomic E-state index is -4.60. The summed E-state index contributed by atoms with van der Waals surface area (Å²) in [5.74, 6) is -1.72. The third-order valence-electron chi connectivity index (χ3n) is 7.20. The number of rotatable bonds is 7. The molecule has 1 aliphatic rings. The summed E-state index contributed by atoms with van der Waals surface area (Å²) in [5, 5.41) is 0. The van der Waals surface area contributed by atoms with Crippen molar-refractivity contribution in [3.63, 3.8) is 0 Å². The fourth-order valence-corrected chi connectivity index (χ4v) is 5.01. The molecule has 0 spiro atoms. The molecule has 7 nitrogen and oxygen atoms in total. The molecule has 0 unspecified atom stereocenters. The van der Waals surface area contributed by atoms with Crippen molar-refractivity contribution < 1.29 is 50.2 Å². The Balaban J connectivity index is 0.000000221. The molecule has 0 fully saturated rings. The summed E-state index contributed by atoms with van der Waals surface area (Å²) in [6.45, 7) is -0.366. The number of esters is 2. The van der Waals surface area contributed by atoms with Crippen LogP contribution in [0.2, 0.25) is 0 Å². The minimum Gasteiger partial charge on any atom is -0.468 e. The van der Waals surface area contributed by atoms with Gasteiger partial charge in [-0.15, -0.1) is 0 Å². The van der Waals surface area contributed by atoms with E-state index in [9.17, 15) is 40.7 Å². The van der Waals surface area contributed by atoms with Crippen LogP contribution in [0.25, 0.3) is 0 Å². The first-order valence-corrected chi connectivity index (χ1v) is 14.0. The zero-order valence-corrected chi connectivity index (χ0v) is 25.1. The monoisotopic (exact) mass is 658 g/mol. The predicted molar refractivity (Wildman–Crippen MR) is 161 cm³/mol. The Hall–Kier alpha value is -5.33. The molecule has 1 amide bonds. The quantitative estimate of drug-likeness (QED) is 0.151. The zero-order chi connectivity index (χ0) is 34.4. The lowest BCUT2D eigenvalue weighted by atomic mass is 10.1. The van der Waals surface area contributed by atoms with Gasteiger partial charge < -0.3 is 19.3 Å². The summed E-state index contributed by atoms with van der Waals surface area (Å²) in [6, 6.07) is 23.3. The highest BCUT2D eigenvalue weighted by atomic mass is 19.4. The van der Waals surface area contributed by atoms with Crippen LogP contribution in [0.15, 0.2) is 97.1 Å². The Bertz CT molecular complexity index is 1760.